The van der Waals surface area contributed by atoms with Gasteiger partial charge in [0.1, 0.15) is 5.69 Å². The first-order chi connectivity index (χ1) is 11.2. The number of hydrogen-bond donors (Lipinski definition) is 0. The van der Waals surface area contributed by atoms with Crippen molar-refractivity contribution in [3.8, 4) is 0 Å². The number of sulfonamides is 1. The Labute approximate surface area is 138 Å². The minimum atomic E-state index is -4.53. The Kier molecular flexibility index (Phi) is 4.45. The number of hydrogen-bond acceptors (Lipinski definition) is 5. The number of halogens is 3. The van der Waals surface area contributed by atoms with Gasteiger partial charge in [-0.15, -0.1) is 0 Å². The minimum absolute atomic E-state index is 0.00764. The third-order valence-corrected chi connectivity index (χ3v) is 6.89. The summed E-state index contributed by atoms with van der Waals surface area (Å²) >= 11 is 0. The smallest absolute Gasteiger partial charge is 0.339 e. The second kappa shape index (κ2) is 6.14. The summed E-state index contributed by atoms with van der Waals surface area (Å²) in [6.07, 6.45) is -0.731. The maximum Gasteiger partial charge on any atom is 0.433 e. The molecule has 1 aliphatic carbocycles. The molecule has 2 aliphatic rings. The Morgan fingerprint density at radius 3 is 2.62 bits per heavy atom. The number of anilines is 1. The first-order valence-electron chi connectivity index (χ1n) is 7.81. The molecule has 2 heterocycles. The van der Waals surface area contributed by atoms with E-state index in [-0.39, 0.29) is 17.2 Å². The Bertz CT molecular complexity index is 706. The summed E-state index contributed by atoms with van der Waals surface area (Å²) in [6, 6.07) is 0.553. The van der Waals surface area contributed by atoms with E-state index in [2.05, 4.69) is 9.97 Å². The van der Waals surface area contributed by atoms with Crippen LogP contribution in [0.4, 0.5) is 19.1 Å². The number of likely N-dealkylation sites (N-methyl/N-ethyl adjacent to an activating group) is 1. The molecule has 1 atom stereocenters. The summed E-state index contributed by atoms with van der Waals surface area (Å²) in [4.78, 5) is 9.15. The predicted molar refractivity (Wildman–Crippen MR) is 82.0 cm³/mol. The zero-order valence-corrected chi connectivity index (χ0v) is 14.0. The summed E-state index contributed by atoms with van der Waals surface area (Å²) in [5, 5.41) is -0.303. The molecule has 0 radical (unpaired) electrons. The summed E-state index contributed by atoms with van der Waals surface area (Å²) in [7, 11) is -1.77. The van der Waals surface area contributed by atoms with E-state index in [4.69, 9.17) is 0 Å². The molecule has 3 rings (SSSR count). The van der Waals surface area contributed by atoms with E-state index in [1.807, 2.05) is 0 Å². The molecule has 0 spiro atoms. The van der Waals surface area contributed by atoms with Gasteiger partial charge in [-0.05, 0) is 31.7 Å². The average Bonchev–Trinajstić information content (AvgIpc) is 3.39. The monoisotopic (exact) mass is 364 g/mol. The van der Waals surface area contributed by atoms with Crippen molar-refractivity contribution in [1.82, 2.24) is 14.3 Å². The molecule has 134 valence electrons. The molecule has 1 aromatic heterocycles. The lowest BCUT2D eigenvalue weighted by atomic mass is 10.1. The van der Waals surface area contributed by atoms with Crippen LogP contribution in [0.3, 0.4) is 0 Å². The van der Waals surface area contributed by atoms with Gasteiger partial charge in [-0.2, -0.15) is 17.5 Å². The van der Waals surface area contributed by atoms with Gasteiger partial charge in [-0.3, -0.25) is 0 Å². The maximum atomic E-state index is 12.8. The van der Waals surface area contributed by atoms with E-state index in [9.17, 15) is 21.6 Å². The van der Waals surface area contributed by atoms with Crippen LogP contribution in [0.25, 0.3) is 0 Å². The van der Waals surface area contributed by atoms with E-state index in [0.29, 0.717) is 38.8 Å². The fourth-order valence-corrected chi connectivity index (χ4v) is 4.69. The van der Waals surface area contributed by atoms with Crippen molar-refractivity contribution in [3.05, 3.63) is 18.0 Å². The van der Waals surface area contributed by atoms with E-state index < -0.39 is 21.9 Å². The molecule has 1 unspecified atom stereocenters. The van der Waals surface area contributed by atoms with Gasteiger partial charge in [-0.25, -0.2) is 18.4 Å². The Morgan fingerprint density at radius 1 is 1.29 bits per heavy atom. The van der Waals surface area contributed by atoms with Crippen molar-refractivity contribution in [2.45, 2.75) is 43.2 Å². The lowest BCUT2D eigenvalue weighted by Crippen LogP contribution is -2.49. The zero-order valence-electron chi connectivity index (χ0n) is 13.2. The van der Waals surface area contributed by atoms with Crippen LogP contribution in [-0.2, 0) is 16.2 Å². The molecule has 6 nitrogen and oxygen atoms in total. The number of alkyl halides is 3. The zero-order chi connectivity index (χ0) is 17.5. The number of aromatic nitrogens is 2. The molecular weight excluding hydrogens is 345 g/mol. The second-order valence-corrected chi connectivity index (χ2v) is 8.51. The van der Waals surface area contributed by atoms with Gasteiger partial charge < -0.3 is 4.90 Å². The molecule has 1 aromatic rings. The van der Waals surface area contributed by atoms with E-state index in [0.717, 1.165) is 12.3 Å². The highest BCUT2D eigenvalue weighted by Gasteiger charge is 2.42. The van der Waals surface area contributed by atoms with Gasteiger partial charge in [0.2, 0.25) is 16.0 Å². The number of nitrogens with zero attached hydrogens (tertiary/aromatic N) is 4. The molecule has 1 saturated carbocycles. The third-order valence-electron chi connectivity index (χ3n) is 4.47. The van der Waals surface area contributed by atoms with Crippen molar-refractivity contribution in [1.29, 1.82) is 0 Å². The van der Waals surface area contributed by atoms with Gasteiger partial charge in [0.05, 0.1) is 5.25 Å². The van der Waals surface area contributed by atoms with E-state index >= 15 is 0 Å². The van der Waals surface area contributed by atoms with Crippen LogP contribution in [0.5, 0.6) is 0 Å². The number of piperidine rings is 1. The summed E-state index contributed by atoms with van der Waals surface area (Å²) in [5.74, 6) is -0.00764. The van der Waals surface area contributed by atoms with Crippen LogP contribution in [0.2, 0.25) is 0 Å². The average molecular weight is 364 g/mol. The molecule has 0 bridgehead atoms. The molecule has 24 heavy (non-hydrogen) atoms. The lowest BCUT2D eigenvalue weighted by molar-refractivity contribution is -0.141. The van der Waals surface area contributed by atoms with E-state index in [1.165, 1.54) is 4.31 Å². The standard InChI is InChI=1S/C14H19F3N4O2S/c1-20(24(22,23)11-4-5-11)10-3-2-8-21(9-10)13-18-7-6-12(19-13)14(15,16)17/h6-7,10-11H,2-5,8-9H2,1H3. The highest BCUT2D eigenvalue weighted by Crippen LogP contribution is 2.33. The molecule has 10 heteroatoms. The van der Waals surface area contributed by atoms with Crippen LogP contribution in [-0.4, -0.2) is 54.1 Å². The van der Waals surface area contributed by atoms with Crippen LogP contribution >= 0.6 is 0 Å². The molecule has 0 amide bonds. The Balaban J connectivity index is 1.76. The van der Waals surface area contributed by atoms with Gasteiger partial charge >= 0.3 is 6.18 Å². The molecule has 2 fully saturated rings. The highest BCUT2D eigenvalue weighted by atomic mass is 32.2. The fourth-order valence-electron chi connectivity index (χ4n) is 2.90. The summed E-state index contributed by atoms with van der Waals surface area (Å²) in [6.45, 7) is 0.804. The van der Waals surface area contributed by atoms with Crippen LogP contribution < -0.4 is 4.90 Å². The first-order valence-corrected chi connectivity index (χ1v) is 9.32. The van der Waals surface area contributed by atoms with Crippen molar-refractivity contribution in [2.75, 3.05) is 25.0 Å². The van der Waals surface area contributed by atoms with Crippen LogP contribution in [0, 0.1) is 0 Å². The minimum Gasteiger partial charge on any atom is -0.339 e. The molecule has 0 N–H and O–H groups in total. The third kappa shape index (κ3) is 3.49. The fraction of sp³-hybridized carbons (Fsp3) is 0.714. The largest absolute Gasteiger partial charge is 0.433 e. The normalized spacial score (nSPS) is 22.9. The summed E-state index contributed by atoms with van der Waals surface area (Å²) in [5.41, 5.74) is -0.992. The second-order valence-electron chi connectivity index (χ2n) is 6.24. The summed E-state index contributed by atoms with van der Waals surface area (Å²) < 4.78 is 64.5. The van der Waals surface area contributed by atoms with Gasteiger partial charge in [-0.1, -0.05) is 0 Å². The molecule has 1 aliphatic heterocycles. The predicted octanol–water partition coefficient (Wildman–Crippen LogP) is 1.89. The molecule has 1 saturated heterocycles. The van der Waals surface area contributed by atoms with Crippen molar-refractivity contribution in [2.24, 2.45) is 0 Å². The SMILES string of the molecule is CN(C1CCCN(c2nccc(C(F)(F)F)n2)C1)S(=O)(=O)C1CC1. The topological polar surface area (TPSA) is 66.4 Å². The van der Waals surface area contributed by atoms with Crippen molar-refractivity contribution in [3.63, 3.8) is 0 Å². The maximum absolute atomic E-state index is 12.8. The first kappa shape index (κ1) is 17.4. The van der Waals surface area contributed by atoms with Gasteiger partial charge in [0, 0.05) is 32.4 Å². The van der Waals surface area contributed by atoms with Crippen LogP contribution in [0.1, 0.15) is 31.4 Å². The van der Waals surface area contributed by atoms with E-state index in [1.54, 1.807) is 11.9 Å². The van der Waals surface area contributed by atoms with Gasteiger partial charge in [0.25, 0.3) is 0 Å². The lowest BCUT2D eigenvalue weighted by Gasteiger charge is -2.37. The Hall–Kier alpha value is -1.42. The Morgan fingerprint density at radius 2 is 2.00 bits per heavy atom. The van der Waals surface area contributed by atoms with Crippen molar-refractivity contribution >= 4 is 16.0 Å². The van der Waals surface area contributed by atoms with Crippen molar-refractivity contribution < 1.29 is 21.6 Å². The quantitative estimate of drug-likeness (QED) is 0.816. The number of rotatable bonds is 4. The van der Waals surface area contributed by atoms with Gasteiger partial charge in [0.15, 0.2) is 0 Å². The van der Waals surface area contributed by atoms with Crippen LogP contribution in [0.15, 0.2) is 12.3 Å². The molecular formula is C14H19F3N4O2S. The molecule has 0 aromatic carbocycles. The highest BCUT2D eigenvalue weighted by molar-refractivity contribution is 7.90.